The lowest BCUT2D eigenvalue weighted by atomic mass is 10.1. The summed E-state index contributed by atoms with van der Waals surface area (Å²) in [4.78, 5) is 23.6. The van der Waals surface area contributed by atoms with E-state index in [4.69, 9.17) is 0 Å². The molecule has 0 unspecified atom stereocenters. The zero-order valence-corrected chi connectivity index (χ0v) is 14.7. The van der Waals surface area contributed by atoms with Crippen molar-refractivity contribution in [1.29, 1.82) is 0 Å². The second-order valence-corrected chi connectivity index (χ2v) is 6.68. The number of nitrogens with two attached hydrogens (primary N) is 1. The maximum atomic E-state index is 12.3. The minimum absolute atomic E-state index is 0.00333. The summed E-state index contributed by atoms with van der Waals surface area (Å²) in [6, 6.07) is 20.0. The number of nitro benzene ring substituents is 1. The monoisotopic (exact) mass is 368 g/mol. The lowest BCUT2D eigenvalue weighted by Crippen LogP contribution is -2.87. The van der Waals surface area contributed by atoms with Gasteiger partial charge in [-0.05, 0) is 23.6 Å². The number of rotatable bonds is 7. The molecule has 0 saturated carbocycles. The van der Waals surface area contributed by atoms with Crippen LogP contribution in [0.15, 0.2) is 72.1 Å². The van der Waals surface area contributed by atoms with Crippen LogP contribution in [-0.2, 0) is 4.79 Å². The minimum Gasteiger partial charge on any atom is -0.328 e. The smallest absolute Gasteiger partial charge is 0.279 e. The van der Waals surface area contributed by atoms with Crippen LogP contribution in [0.1, 0.15) is 16.5 Å². The van der Waals surface area contributed by atoms with Gasteiger partial charge in [-0.1, -0.05) is 36.4 Å². The molecule has 0 bridgehead atoms. The van der Waals surface area contributed by atoms with Crippen molar-refractivity contribution in [3.05, 3.63) is 92.7 Å². The van der Waals surface area contributed by atoms with E-state index in [1.807, 2.05) is 35.0 Å². The number of benzene rings is 2. The van der Waals surface area contributed by atoms with E-state index in [0.29, 0.717) is 5.69 Å². The Bertz CT molecular complexity index is 865. The summed E-state index contributed by atoms with van der Waals surface area (Å²) in [5.41, 5.74) is 1.68. The van der Waals surface area contributed by atoms with Gasteiger partial charge in [0, 0.05) is 23.4 Å². The molecule has 3 aromatic rings. The van der Waals surface area contributed by atoms with Gasteiger partial charge in [-0.2, -0.15) is 0 Å². The maximum Gasteiger partial charge on any atom is 0.279 e. The molecule has 3 rings (SSSR count). The predicted molar refractivity (Wildman–Crippen MR) is 101 cm³/mol. The lowest BCUT2D eigenvalue weighted by Gasteiger charge is -2.14. The van der Waals surface area contributed by atoms with Gasteiger partial charge in [0.2, 0.25) is 0 Å². The second-order valence-electron chi connectivity index (χ2n) is 5.70. The van der Waals surface area contributed by atoms with Crippen LogP contribution >= 0.6 is 11.3 Å². The van der Waals surface area contributed by atoms with E-state index in [1.165, 1.54) is 29.1 Å². The summed E-state index contributed by atoms with van der Waals surface area (Å²) in [7, 11) is 0. The number of thiophene rings is 1. The molecule has 1 atom stereocenters. The summed E-state index contributed by atoms with van der Waals surface area (Å²) >= 11 is 1.66. The Balaban J connectivity index is 1.63. The van der Waals surface area contributed by atoms with Gasteiger partial charge >= 0.3 is 0 Å². The standard InChI is InChI=1S/C19H17N3O3S/c23-18(21-15-8-10-16(11-9-15)22(24)25)13-20-19(17-7-4-12-26-17)14-5-2-1-3-6-14/h1-12,19-20H,13H2,(H,21,23)/p+1/t19-/m1/s1. The van der Waals surface area contributed by atoms with Gasteiger partial charge < -0.3 is 10.6 Å². The predicted octanol–water partition coefficient (Wildman–Crippen LogP) is 2.95. The van der Waals surface area contributed by atoms with Crippen LogP contribution in [0.2, 0.25) is 0 Å². The van der Waals surface area contributed by atoms with Gasteiger partial charge in [-0.25, -0.2) is 0 Å². The molecule has 2 aromatic carbocycles. The fourth-order valence-corrected chi connectivity index (χ4v) is 3.50. The molecular weight excluding hydrogens is 350 g/mol. The van der Waals surface area contributed by atoms with E-state index in [1.54, 1.807) is 11.3 Å². The third kappa shape index (κ3) is 4.53. The van der Waals surface area contributed by atoms with E-state index in [0.717, 1.165) is 5.56 Å². The molecular formula is C19H18N3O3S+. The van der Waals surface area contributed by atoms with Crippen LogP contribution in [0.3, 0.4) is 0 Å². The topological polar surface area (TPSA) is 88.8 Å². The molecule has 0 radical (unpaired) electrons. The van der Waals surface area contributed by atoms with E-state index in [2.05, 4.69) is 23.5 Å². The SMILES string of the molecule is O=C(C[NH2+][C@H](c1ccccc1)c1cccs1)Nc1ccc([N+](=O)[O-])cc1. The molecule has 7 heteroatoms. The molecule has 0 aliphatic carbocycles. The first kappa shape index (κ1) is 17.8. The van der Waals surface area contributed by atoms with Crippen molar-refractivity contribution in [3.8, 4) is 0 Å². The maximum absolute atomic E-state index is 12.3. The Labute approximate surface area is 154 Å². The van der Waals surface area contributed by atoms with Gasteiger partial charge in [0.25, 0.3) is 11.6 Å². The molecule has 0 aliphatic rings. The zero-order chi connectivity index (χ0) is 18.4. The molecule has 0 aliphatic heterocycles. The fourth-order valence-electron chi connectivity index (χ4n) is 2.65. The number of amides is 1. The number of carbonyl (C=O) groups is 1. The quantitative estimate of drug-likeness (QED) is 0.496. The first-order valence-corrected chi connectivity index (χ1v) is 8.97. The normalized spacial score (nSPS) is 11.7. The number of non-ortho nitro benzene ring substituents is 1. The Morgan fingerprint density at radius 3 is 2.42 bits per heavy atom. The number of nitro groups is 1. The average molecular weight is 368 g/mol. The highest BCUT2D eigenvalue weighted by molar-refractivity contribution is 7.10. The molecule has 132 valence electrons. The average Bonchev–Trinajstić information content (AvgIpc) is 3.17. The van der Waals surface area contributed by atoms with Crippen LogP contribution in [0, 0.1) is 10.1 Å². The molecule has 6 nitrogen and oxygen atoms in total. The van der Waals surface area contributed by atoms with Gasteiger partial charge in [0.05, 0.1) is 9.80 Å². The summed E-state index contributed by atoms with van der Waals surface area (Å²) < 4.78 is 0. The van der Waals surface area contributed by atoms with Gasteiger partial charge in [0.1, 0.15) is 6.04 Å². The Hall–Kier alpha value is -3.03. The van der Waals surface area contributed by atoms with Gasteiger partial charge in [-0.3, -0.25) is 14.9 Å². The summed E-state index contributed by atoms with van der Waals surface area (Å²) in [6.45, 7) is 0.244. The molecule has 26 heavy (non-hydrogen) atoms. The number of nitrogens with zero attached hydrogens (tertiary/aromatic N) is 1. The molecule has 1 heterocycles. The third-order valence-electron chi connectivity index (χ3n) is 3.91. The van der Waals surface area contributed by atoms with Crippen molar-refractivity contribution < 1.29 is 15.0 Å². The van der Waals surface area contributed by atoms with Gasteiger partial charge in [-0.15, -0.1) is 11.3 Å². The Kier molecular flexibility index (Phi) is 5.73. The number of carbonyl (C=O) groups excluding carboxylic acids is 1. The summed E-state index contributed by atoms with van der Waals surface area (Å²) in [5.74, 6) is -0.156. The summed E-state index contributed by atoms with van der Waals surface area (Å²) in [5, 5.41) is 17.5. The number of hydrogen-bond donors (Lipinski definition) is 2. The van der Waals surface area contributed by atoms with Crippen LogP contribution in [-0.4, -0.2) is 17.4 Å². The molecule has 0 saturated heterocycles. The second kappa shape index (κ2) is 8.37. The van der Waals surface area contributed by atoms with Crippen molar-refractivity contribution >= 4 is 28.6 Å². The fraction of sp³-hybridized carbons (Fsp3) is 0.105. The van der Waals surface area contributed by atoms with E-state index in [-0.39, 0.29) is 24.2 Å². The molecule has 0 spiro atoms. The Morgan fingerprint density at radius 2 is 1.81 bits per heavy atom. The molecule has 1 aromatic heterocycles. The third-order valence-corrected chi connectivity index (χ3v) is 4.86. The first-order valence-electron chi connectivity index (χ1n) is 8.09. The van der Waals surface area contributed by atoms with Crippen molar-refractivity contribution in [3.63, 3.8) is 0 Å². The number of hydrogen-bond acceptors (Lipinski definition) is 4. The zero-order valence-electron chi connectivity index (χ0n) is 13.9. The molecule has 0 fully saturated rings. The highest BCUT2D eigenvalue weighted by atomic mass is 32.1. The molecule has 3 N–H and O–H groups in total. The largest absolute Gasteiger partial charge is 0.328 e. The van der Waals surface area contributed by atoms with Crippen molar-refractivity contribution in [2.24, 2.45) is 0 Å². The highest BCUT2D eigenvalue weighted by Crippen LogP contribution is 2.22. The first-order chi connectivity index (χ1) is 12.6. The van der Waals surface area contributed by atoms with E-state index >= 15 is 0 Å². The van der Waals surface area contributed by atoms with Crippen LogP contribution in [0.25, 0.3) is 0 Å². The number of anilines is 1. The molecule has 1 amide bonds. The lowest BCUT2D eigenvalue weighted by molar-refractivity contribution is -0.675. The number of nitrogens with one attached hydrogen (secondary N) is 1. The highest BCUT2D eigenvalue weighted by Gasteiger charge is 2.19. The van der Waals surface area contributed by atoms with E-state index < -0.39 is 4.92 Å². The van der Waals surface area contributed by atoms with Crippen LogP contribution in [0.5, 0.6) is 0 Å². The van der Waals surface area contributed by atoms with Crippen LogP contribution < -0.4 is 10.6 Å². The van der Waals surface area contributed by atoms with E-state index in [9.17, 15) is 14.9 Å². The van der Waals surface area contributed by atoms with Crippen LogP contribution in [0.4, 0.5) is 11.4 Å². The number of quaternary nitrogens is 1. The summed E-state index contributed by atoms with van der Waals surface area (Å²) in [6.07, 6.45) is 0. The van der Waals surface area contributed by atoms with Crippen molar-refractivity contribution in [2.75, 3.05) is 11.9 Å². The van der Waals surface area contributed by atoms with Crippen molar-refractivity contribution in [2.45, 2.75) is 6.04 Å². The van der Waals surface area contributed by atoms with Crippen molar-refractivity contribution in [1.82, 2.24) is 0 Å². The Morgan fingerprint density at radius 1 is 1.08 bits per heavy atom. The minimum atomic E-state index is -0.467. The van der Waals surface area contributed by atoms with Gasteiger partial charge in [0.15, 0.2) is 6.54 Å².